The zero-order chi connectivity index (χ0) is 19.7. The number of aliphatic hydroxyl groups excluding tert-OH is 1. The second-order valence-electron chi connectivity index (χ2n) is 7.80. The van der Waals surface area contributed by atoms with E-state index in [0.29, 0.717) is 6.42 Å². The van der Waals surface area contributed by atoms with Gasteiger partial charge in [-0.3, -0.25) is 9.58 Å². The average molecular weight is 380 g/mol. The molecular formula is C22H29N5O. The molecule has 0 spiro atoms. The van der Waals surface area contributed by atoms with Crippen LogP contribution < -0.4 is 0 Å². The highest BCUT2D eigenvalue weighted by atomic mass is 16.3. The van der Waals surface area contributed by atoms with Crippen LogP contribution in [0.25, 0.3) is 5.69 Å². The number of fused-ring (bicyclic) bond motifs is 1. The van der Waals surface area contributed by atoms with Crippen molar-refractivity contribution in [3.05, 3.63) is 64.7 Å². The van der Waals surface area contributed by atoms with Gasteiger partial charge in [0, 0.05) is 38.6 Å². The summed E-state index contributed by atoms with van der Waals surface area (Å²) in [7, 11) is 0. The van der Waals surface area contributed by atoms with Crippen molar-refractivity contribution >= 4 is 0 Å². The van der Waals surface area contributed by atoms with E-state index in [0.717, 1.165) is 44.0 Å². The lowest BCUT2D eigenvalue weighted by Gasteiger charge is -2.23. The summed E-state index contributed by atoms with van der Waals surface area (Å²) in [6.07, 6.45) is 5.10. The Morgan fingerprint density at radius 3 is 2.79 bits per heavy atom. The van der Waals surface area contributed by atoms with Gasteiger partial charge in [-0.05, 0) is 61.6 Å². The van der Waals surface area contributed by atoms with Crippen LogP contribution in [0, 0.1) is 13.8 Å². The summed E-state index contributed by atoms with van der Waals surface area (Å²) in [5.41, 5.74) is 7.00. The Balaban J connectivity index is 1.62. The fourth-order valence-electron chi connectivity index (χ4n) is 4.08. The van der Waals surface area contributed by atoms with E-state index in [2.05, 4.69) is 51.8 Å². The van der Waals surface area contributed by atoms with Crippen LogP contribution in [0.5, 0.6) is 0 Å². The average Bonchev–Trinajstić information content (AvgIpc) is 3.30. The first kappa shape index (κ1) is 18.9. The van der Waals surface area contributed by atoms with Crippen LogP contribution in [0.1, 0.15) is 53.9 Å². The summed E-state index contributed by atoms with van der Waals surface area (Å²) in [4.78, 5) is 2.48. The molecule has 28 heavy (non-hydrogen) atoms. The molecule has 1 N–H and O–H groups in total. The van der Waals surface area contributed by atoms with Gasteiger partial charge in [-0.25, -0.2) is 4.68 Å². The van der Waals surface area contributed by atoms with Crippen LogP contribution in [0.2, 0.25) is 0 Å². The standard InChI is InChI=1S/C22H29N5O/c1-4-22(28)20-13-18-14-25(8-6-10-26(18)24-20)15-19-17(3)11-16(2)12-21(19)27-9-5-7-23-27/h5,7,9,11-13,22,28H,4,6,8,10,14-15H2,1-3H3/t22-/m1/s1. The summed E-state index contributed by atoms with van der Waals surface area (Å²) in [6, 6.07) is 8.50. The second kappa shape index (κ2) is 7.89. The third-order valence-electron chi connectivity index (χ3n) is 5.57. The van der Waals surface area contributed by atoms with E-state index in [9.17, 15) is 5.11 Å². The highest BCUT2D eigenvalue weighted by molar-refractivity contribution is 5.48. The van der Waals surface area contributed by atoms with Crippen LogP contribution >= 0.6 is 0 Å². The number of nitrogens with zero attached hydrogens (tertiary/aromatic N) is 5. The van der Waals surface area contributed by atoms with Crippen molar-refractivity contribution in [3.8, 4) is 5.69 Å². The second-order valence-corrected chi connectivity index (χ2v) is 7.80. The lowest BCUT2D eigenvalue weighted by molar-refractivity contribution is 0.167. The molecule has 2 aromatic heterocycles. The Morgan fingerprint density at radius 2 is 2.04 bits per heavy atom. The maximum Gasteiger partial charge on any atom is 0.0975 e. The Labute approximate surface area is 166 Å². The van der Waals surface area contributed by atoms with Crippen molar-refractivity contribution < 1.29 is 5.11 Å². The lowest BCUT2D eigenvalue weighted by atomic mass is 10.0. The smallest absolute Gasteiger partial charge is 0.0975 e. The molecule has 3 heterocycles. The van der Waals surface area contributed by atoms with Crippen LogP contribution in [0.15, 0.2) is 36.7 Å². The maximum absolute atomic E-state index is 10.2. The van der Waals surface area contributed by atoms with Crippen molar-refractivity contribution in [2.24, 2.45) is 0 Å². The maximum atomic E-state index is 10.2. The lowest BCUT2D eigenvalue weighted by Crippen LogP contribution is -2.24. The van der Waals surface area contributed by atoms with E-state index < -0.39 is 6.10 Å². The number of aliphatic hydroxyl groups is 1. The van der Waals surface area contributed by atoms with Crippen LogP contribution in [-0.2, 0) is 19.6 Å². The Kier molecular flexibility index (Phi) is 5.33. The number of hydrogen-bond acceptors (Lipinski definition) is 4. The molecule has 0 radical (unpaired) electrons. The van der Waals surface area contributed by atoms with Crippen molar-refractivity contribution in [2.75, 3.05) is 6.54 Å². The fraction of sp³-hybridized carbons (Fsp3) is 0.455. The summed E-state index contributed by atoms with van der Waals surface area (Å²) < 4.78 is 4.04. The van der Waals surface area contributed by atoms with Crippen molar-refractivity contribution in [1.29, 1.82) is 0 Å². The van der Waals surface area contributed by atoms with E-state index >= 15 is 0 Å². The Hall–Kier alpha value is -2.44. The molecule has 0 unspecified atom stereocenters. The molecule has 3 aromatic rings. The summed E-state index contributed by atoms with van der Waals surface area (Å²) in [5, 5.41) is 19.3. The van der Waals surface area contributed by atoms with Crippen molar-refractivity contribution in [2.45, 2.75) is 59.4 Å². The number of aryl methyl sites for hydroxylation is 3. The molecule has 0 amide bonds. The molecule has 0 bridgehead atoms. The largest absolute Gasteiger partial charge is 0.387 e. The molecule has 6 heteroatoms. The molecule has 1 aromatic carbocycles. The van der Waals surface area contributed by atoms with Gasteiger partial charge in [0.2, 0.25) is 0 Å². The molecule has 0 saturated heterocycles. The predicted octanol–water partition coefficient (Wildman–Crippen LogP) is 3.53. The van der Waals surface area contributed by atoms with Crippen LogP contribution in [-0.4, -0.2) is 36.1 Å². The van der Waals surface area contributed by atoms with E-state index in [1.807, 2.05) is 30.1 Å². The van der Waals surface area contributed by atoms with Gasteiger partial charge in [-0.2, -0.15) is 10.2 Å². The SMILES string of the molecule is CC[C@@H](O)c1cc2n(n1)CCCN(Cc1c(C)cc(C)cc1-n1cccn1)C2. The third kappa shape index (κ3) is 3.75. The van der Waals surface area contributed by atoms with E-state index in [-0.39, 0.29) is 0 Å². The number of aromatic nitrogens is 4. The molecule has 6 nitrogen and oxygen atoms in total. The molecule has 1 aliphatic heterocycles. The van der Waals surface area contributed by atoms with Gasteiger partial charge < -0.3 is 5.11 Å². The monoisotopic (exact) mass is 379 g/mol. The van der Waals surface area contributed by atoms with E-state index in [1.165, 1.54) is 22.4 Å². The summed E-state index contributed by atoms with van der Waals surface area (Å²) >= 11 is 0. The third-order valence-corrected chi connectivity index (χ3v) is 5.57. The zero-order valence-corrected chi connectivity index (χ0v) is 17.0. The highest BCUT2D eigenvalue weighted by Crippen LogP contribution is 2.25. The molecule has 1 atom stereocenters. The molecule has 1 aliphatic rings. The molecule has 0 fully saturated rings. The number of hydrogen-bond donors (Lipinski definition) is 1. The van der Waals surface area contributed by atoms with Crippen LogP contribution in [0.3, 0.4) is 0 Å². The van der Waals surface area contributed by atoms with Crippen molar-refractivity contribution in [1.82, 2.24) is 24.5 Å². The Morgan fingerprint density at radius 1 is 1.18 bits per heavy atom. The van der Waals surface area contributed by atoms with Crippen LogP contribution in [0.4, 0.5) is 0 Å². The summed E-state index contributed by atoms with van der Waals surface area (Å²) in [5.74, 6) is 0. The molecule has 4 rings (SSSR count). The predicted molar refractivity (Wildman–Crippen MR) is 109 cm³/mol. The van der Waals surface area contributed by atoms with Gasteiger partial charge in [0.1, 0.15) is 0 Å². The molecule has 0 saturated carbocycles. The highest BCUT2D eigenvalue weighted by Gasteiger charge is 2.21. The topological polar surface area (TPSA) is 59.1 Å². The van der Waals surface area contributed by atoms with E-state index in [4.69, 9.17) is 0 Å². The first-order valence-corrected chi connectivity index (χ1v) is 10.1. The normalized spacial score (nSPS) is 16.0. The first-order chi connectivity index (χ1) is 13.5. The fourth-order valence-corrected chi connectivity index (χ4v) is 4.08. The van der Waals surface area contributed by atoms with E-state index in [1.54, 1.807) is 0 Å². The minimum atomic E-state index is -0.473. The minimum absolute atomic E-state index is 0.473. The van der Waals surface area contributed by atoms with Gasteiger partial charge in [0.25, 0.3) is 0 Å². The van der Waals surface area contributed by atoms with Gasteiger partial charge in [-0.1, -0.05) is 13.0 Å². The quantitative estimate of drug-likeness (QED) is 0.737. The first-order valence-electron chi connectivity index (χ1n) is 10.1. The van der Waals surface area contributed by atoms with Gasteiger partial charge in [-0.15, -0.1) is 0 Å². The minimum Gasteiger partial charge on any atom is -0.387 e. The summed E-state index contributed by atoms with van der Waals surface area (Å²) in [6.45, 7) is 9.95. The number of rotatable bonds is 5. The van der Waals surface area contributed by atoms with Crippen molar-refractivity contribution in [3.63, 3.8) is 0 Å². The Bertz CT molecular complexity index is 944. The number of benzene rings is 1. The van der Waals surface area contributed by atoms with Gasteiger partial charge in [0.05, 0.1) is 23.2 Å². The van der Waals surface area contributed by atoms with Gasteiger partial charge >= 0.3 is 0 Å². The zero-order valence-electron chi connectivity index (χ0n) is 17.0. The molecule has 148 valence electrons. The molecular weight excluding hydrogens is 350 g/mol. The molecule has 0 aliphatic carbocycles. The van der Waals surface area contributed by atoms with Gasteiger partial charge in [0.15, 0.2) is 0 Å².